The van der Waals surface area contributed by atoms with E-state index in [1.54, 1.807) is 0 Å². The molecule has 0 aromatic heterocycles. The van der Waals surface area contributed by atoms with Crippen LogP contribution in [0, 0.1) is 0 Å². The van der Waals surface area contributed by atoms with Gasteiger partial charge in [-0.1, -0.05) is 36.4 Å². The van der Waals surface area contributed by atoms with Crippen molar-refractivity contribution in [3.05, 3.63) is 60.7 Å². The van der Waals surface area contributed by atoms with Gasteiger partial charge in [0.1, 0.15) is 11.5 Å². The first-order chi connectivity index (χ1) is 6.45. The summed E-state index contributed by atoms with van der Waals surface area (Å²) in [6, 6.07) is 19.5. The van der Waals surface area contributed by atoms with Crippen LogP contribution >= 0.6 is 0 Å². The molecule has 3 radical (unpaired) electrons. The average molecular weight is 181 g/mol. The summed E-state index contributed by atoms with van der Waals surface area (Å²) in [4.78, 5) is 0. The number of benzene rings is 2. The molecule has 67 valence electrons. The van der Waals surface area contributed by atoms with Gasteiger partial charge in [-0.25, -0.2) is 0 Å². The van der Waals surface area contributed by atoms with Crippen LogP contribution in [0.3, 0.4) is 0 Å². The summed E-state index contributed by atoms with van der Waals surface area (Å²) in [5, 5.41) is 0. The van der Waals surface area contributed by atoms with Crippen molar-refractivity contribution in [1.82, 2.24) is 0 Å². The maximum atomic E-state index is 5.58. The van der Waals surface area contributed by atoms with Gasteiger partial charge in [0.15, 0.2) is 0 Å². The summed E-state index contributed by atoms with van der Waals surface area (Å²) >= 11 is 0. The molecule has 1 nitrogen and oxygen atoms in total. The van der Waals surface area contributed by atoms with Crippen molar-refractivity contribution in [3.8, 4) is 11.5 Å². The summed E-state index contributed by atoms with van der Waals surface area (Å²) in [7, 11) is 0. The van der Waals surface area contributed by atoms with Crippen LogP contribution in [0.25, 0.3) is 0 Å². The van der Waals surface area contributed by atoms with Gasteiger partial charge in [0.05, 0.1) is 0 Å². The van der Waals surface area contributed by atoms with Gasteiger partial charge < -0.3 is 4.74 Å². The van der Waals surface area contributed by atoms with E-state index >= 15 is 0 Å². The third-order valence-corrected chi connectivity index (χ3v) is 1.72. The van der Waals surface area contributed by atoms with Gasteiger partial charge in [0.25, 0.3) is 0 Å². The maximum absolute atomic E-state index is 5.58. The van der Waals surface area contributed by atoms with Crippen LogP contribution in [-0.2, 0) is 0 Å². The van der Waals surface area contributed by atoms with E-state index in [-0.39, 0.29) is 8.41 Å². The minimum absolute atomic E-state index is 0. The highest BCUT2D eigenvalue weighted by atomic mass is 16.5. The van der Waals surface area contributed by atoms with E-state index in [0.717, 1.165) is 11.5 Å². The number of rotatable bonds is 2. The van der Waals surface area contributed by atoms with E-state index < -0.39 is 0 Å². The lowest BCUT2D eigenvalue weighted by Gasteiger charge is -2.03. The largest absolute Gasteiger partial charge is 0.457 e. The van der Waals surface area contributed by atoms with Crippen LogP contribution in [0.5, 0.6) is 11.5 Å². The Bertz CT molecular complexity index is 321. The molecule has 0 aliphatic heterocycles. The fraction of sp³-hybridized carbons (Fsp3) is 0. The molecule has 2 aromatic carbocycles. The lowest BCUT2D eigenvalue weighted by atomic mass is 10.3. The highest BCUT2D eigenvalue weighted by Crippen LogP contribution is 2.19. The third-order valence-electron chi connectivity index (χ3n) is 1.72. The van der Waals surface area contributed by atoms with Gasteiger partial charge >= 0.3 is 0 Å². The summed E-state index contributed by atoms with van der Waals surface area (Å²) in [6.07, 6.45) is 0. The lowest BCUT2D eigenvalue weighted by molar-refractivity contribution is 0.482. The molecule has 0 atom stereocenters. The molecule has 0 saturated heterocycles. The van der Waals surface area contributed by atoms with E-state index in [1.807, 2.05) is 60.7 Å². The second-order valence-electron chi connectivity index (χ2n) is 2.73. The molecule has 0 fully saturated rings. The van der Waals surface area contributed by atoms with Gasteiger partial charge in [-0.3, -0.25) is 0 Å². The van der Waals surface area contributed by atoms with E-state index in [2.05, 4.69) is 0 Å². The van der Waals surface area contributed by atoms with Crippen LogP contribution < -0.4 is 4.74 Å². The fourth-order valence-corrected chi connectivity index (χ4v) is 1.11. The van der Waals surface area contributed by atoms with E-state index in [4.69, 9.17) is 4.74 Å². The van der Waals surface area contributed by atoms with Crippen LogP contribution in [0.1, 0.15) is 0 Å². The smallest absolute Gasteiger partial charge is 0.127 e. The molecule has 0 spiro atoms. The number of hydrogen-bond acceptors (Lipinski definition) is 1. The molecule has 2 heteroatoms. The Labute approximate surface area is 85.9 Å². The standard InChI is InChI=1S/C12H10O.B/c1-3-7-11(8-4-1)13-12-9-5-2-6-10-12;/h1-10H;. The van der Waals surface area contributed by atoms with Crippen molar-refractivity contribution in [2.45, 2.75) is 0 Å². The highest BCUT2D eigenvalue weighted by molar-refractivity contribution is 5.75. The Morgan fingerprint density at radius 3 is 1.29 bits per heavy atom. The van der Waals surface area contributed by atoms with Crippen LogP contribution in [0.4, 0.5) is 0 Å². The van der Waals surface area contributed by atoms with Gasteiger partial charge in [0, 0.05) is 8.41 Å². The molecule has 0 amide bonds. The van der Waals surface area contributed by atoms with Crippen molar-refractivity contribution in [2.24, 2.45) is 0 Å². The first-order valence-corrected chi connectivity index (χ1v) is 4.23. The zero-order chi connectivity index (χ0) is 8.93. The molecule has 2 rings (SSSR count). The van der Waals surface area contributed by atoms with Crippen LogP contribution in [0.2, 0.25) is 0 Å². The third kappa shape index (κ3) is 2.66. The second-order valence-corrected chi connectivity index (χ2v) is 2.73. The normalized spacial score (nSPS) is 8.86. The quantitative estimate of drug-likeness (QED) is 0.646. The number of hydrogen-bond donors (Lipinski definition) is 0. The van der Waals surface area contributed by atoms with Crippen molar-refractivity contribution < 1.29 is 4.74 Å². The van der Waals surface area contributed by atoms with E-state index in [1.165, 1.54) is 0 Å². The molecule has 0 unspecified atom stereocenters. The predicted octanol–water partition coefficient (Wildman–Crippen LogP) is 3.10. The molecule has 2 aromatic rings. The molecule has 0 aliphatic carbocycles. The molecule has 0 aliphatic rings. The summed E-state index contributed by atoms with van der Waals surface area (Å²) in [5.41, 5.74) is 0. The zero-order valence-electron chi connectivity index (χ0n) is 7.76. The van der Waals surface area contributed by atoms with Gasteiger partial charge in [-0.15, -0.1) is 0 Å². The molecule has 0 bridgehead atoms. The molecular weight excluding hydrogens is 171 g/mol. The van der Waals surface area contributed by atoms with Gasteiger partial charge in [0.2, 0.25) is 0 Å². The van der Waals surface area contributed by atoms with Crippen molar-refractivity contribution in [2.75, 3.05) is 0 Å². The highest BCUT2D eigenvalue weighted by Gasteiger charge is 1.92. The van der Waals surface area contributed by atoms with Crippen molar-refractivity contribution in [3.63, 3.8) is 0 Å². The van der Waals surface area contributed by atoms with Crippen LogP contribution in [-0.4, -0.2) is 8.41 Å². The van der Waals surface area contributed by atoms with Crippen molar-refractivity contribution in [1.29, 1.82) is 0 Å². The molecule has 0 saturated carbocycles. The SMILES string of the molecule is [B].c1ccc(Oc2ccccc2)cc1. The fourth-order valence-electron chi connectivity index (χ4n) is 1.11. The van der Waals surface area contributed by atoms with Gasteiger partial charge in [-0.2, -0.15) is 0 Å². The lowest BCUT2D eigenvalue weighted by Crippen LogP contribution is -1.81. The summed E-state index contributed by atoms with van der Waals surface area (Å²) < 4.78 is 5.58. The van der Waals surface area contributed by atoms with E-state index in [9.17, 15) is 0 Å². The molecule has 0 heterocycles. The molecular formula is C12H10BO. The summed E-state index contributed by atoms with van der Waals surface area (Å²) in [6.45, 7) is 0. The maximum Gasteiger partial charge on any atom is 0.127 e. The molecule has 0 N–H and O–H groups in total. The van der Waals surface area contributed by atoms with Crippen LogP contribution in [0.15, 0.2) is 60.7 Å². The minimum Gasteiger partial charge on any atom is -0.457 e. The Morgan fingerprint density at radius 2 is 0.929 bits per heavy atom. The summed E-state index contributed by atoms with van der Waals surface area (Å²) in [5.74, 6) is 1.74. The topological polar surface area (TPSA) is 9.23 Å². The monoisotopic (exact) mass is 181 g/mol. The Kier molecular flexibility index (Phi) is 3.80. The Hall–Kier alpha value is -1.70. The van der Waals surface area contributed by atoms with Gasteiger partial charge in [-0.05, 0) is 24.3 Å². The van der Waals surface area contributed by atoms with E-state index in [0.29, 0.717) is 0 Å². The minimum atomic E-state index is 0. The number of para-hydroxylation sites is 2. The first kappa shape index (κ1) is 10.4. The van der Waals surface area contributed by atoms with Crippen molar-refractivity contribution >= 4 is 8.41 Å². The Balaban J connectivity index is 0.000000980. The Morgan fingerprint density at radius 1 is 0.571 bits per heavy atom. The number of ether oxygens (including phenoxy) is 1. The predicted molar refractivity (Wildman–Crippen MR) is 58.7 cm³/mol. The second kappa shape index (κ2) is 5.13. The first-order valence-electron chi connectivity index (χ1n) is 4.23. The molecule has 14 heavy (non-hydrogen) atoms. The zero-order valence-corrected chi connectivity index (χ0v) is 7.76. The average Bonchev–Trinajstić information content (AvgIpc) is 2.21.